The van der Waals surface area contributed by atoms with Crippen LogP contribution in [0.15, 0.2) is 0 Å². The van der Waals surface area contributed by atoms with Crippen molar-refractivity contribution in [1.29, 1.82) is 0 Å². The lowest BCUT2D eigenvalue weighted by Crippen LogP contribution is -2.03. The van der Waals surface area contributed by atoms with E-state index in [0.717, 1.165) is 17.8 Å². The van der Waals surface area contributed by atoms with Gasteiger partial charge in [0.1, 0.15) is 0 Å². The van der Waals surface area contributed by atoms with Crippen LogP contribution >= 0.6 is 0 Å². The van der Waals surface area contributed by atoms with Gasteiger partial charge in [-0.1, -0.05) is 291 Å². The van der Waals surface area contributed by atoms with Gasteiger partial charge in [-0.3, -0.25) is 0 Å². The first kappa shape index (κ1) is 48.0. The summed E-state index contributed by atoms with van der Waals surface area (Å²) in [6.45, 7) is 11.8. The van der Waals surface area contributed by atoms with E-state index in [9.17, 15) is 0 Å². The molecule has 48 heavy (non-hydrogen) atoms. The van der Waals surface area contributed by atoms with E-state index in [0.29, 0.717) is 0 Å². The molecule has 290 valence electrons. The smallest absolute Gasteiger partial charge is 0.0414 e. The van der Waals surface area contributed by atoms with Crippen molar-refractivity contribution in [2.75, 3.05) is 0 Å². The number of hydrogen-bond acceptors (Lipinski definition) is 0. The summed E-state index contributed by atoms with van der Waals surface area (Å²) >= 11 is 0. The third-order valence-corrected chi connectivity index (χ3v) is 12.1. The molecule has 0 rings (SSSR count). The van der Waals surface area contributed by atoms with Gasteiger partial charge < -0.3 is 0 Å². The van der Waals surface area contributed by atoms with Gasteiger partial charge in [0.05, 0.1) is 0 Å². The molecule has 0 aliphatic carbocycles. The maximum Gasteiger partial charge on any atom is -0.0414 e. The van der Waals surface area contributed by atoms with Gasteiger partial charge in [-0.15, -0.1) is 0 Å². The van der Waals surface area contributed by atoms with Crippen molar-refractivity contribution in [3.8, 4) is 0 Å². The molecular formula is C48H98. The Labute approximate surface area is 308 Å². The molecule has 0 fully saturated rings. The van der Waals surface area contributed by atoms with Crippen molar-refractivity contribution >= 4 is 0 Å². The Morgan fingerprint density at radius 1 is 0.188 bits per heavy atom. The summed E-state index contributed by atoms with van der Waals surface area (Å²) < 4.78 is 0. The van der Waals surface area contributed by atoms with Crippen LogP contribution in [0.5, 0.6) is 0 Å². The van der Waals surface area contributed by atoms with E-state index >= 15 is 0 Å². The highest BCUT2D eigenvalue weighted by molar-refractivity contribution is 4.65. The fraction of sp³-hybridized carbons (Fsp3) is 1.00. The Morgan fingerprint density at radius 3 is 0.562 bits per heavy atom. The predicted octanol–water partition coefficient (Wildman–Crippen LogP) is 18.5. The minimum absolute atomic E-state index is 1.01. The van der Waals surface area contributed by atoms with E-state index in [-0.39, 0.29) is 0 Å². The van der Waals surface area contributed by atoms with Crippen LogP contribution in [-0.2, 0) is 0 Å². The standard InChI is InChI=1S/C48H98/c1-6-11-15-30-38-46(10-5)39-34-27-25-23-21-19-20-22-24-26-28-35-43-48(42-33-18-14-9-4)45-37-29-36-44-47(40-31-16-12-7-2)41-32-17-13-8-3/h46-48H,6-45H2,1-5H3/t46-,48+/m0/s1. The molecule has 0 spiro atoms. The summed E-state index contributed by atoms with van der Waals surface area (Å²) in [7, 11) is 0. The van der Waals surface area contributed by atoms with Gasteiger partial charge >= 0.3 is 0 Å². The van der Waals surface area contributed by atoms with Crippen molar-refractivity contribution in [3.63, 3.8) is 0 Å². The Hall–Kier alpha value is 0. The summed E-state index contributed by atoms with van der Waals surface area (Å²) in [6, 6.07) is 0. The van der Waals surface area contributed by atoms with Crippen molar-refractivity contribution in [1.82, 2.24) is 0 Å². The normalized spacial score (nSPS) is 13.1. The first-order valence-electron chi connectivity index (χ1n) is 23.7. The van der Waals surface area contributed by atoms with Gasteiger partial charge in [0.2, 0.25) is 0 Å². The van der Waals surface area contributed by atoms with E-state index < -0.39 is 0 Å². The third kappa shape index (κ3) is 35.8. The average Bonchev–Trinajstić information content (AvgIpc) is 3.10. The van der Waals surface area contributed by atoms with Crippen molar-refractivity contribution in [2.45, 2.75) is 291 Å². The van der Waals surface area contributed by atoms with Crippen molar-refractivity contribution < 1.29 is 0 Å². The molecule has 0 aliphatic rings. The molecular weight excluding hydrogens is 577 g/mol. The third-order valence-electron chi connectivity index (χ3n) is 12.1. The largest absolute Gasteiger partial charge is 0.0654 e. The molecule has 0 aromatic carbocycles. The van der Waals surface area contributed by atoms with E-state index in [1.807, 2.05) is 0 Å². The van der Waals surface area contributed by atoms with Crippen molar-refractivity contribution in [3.05, 3.63) is 0 Å². The minimum Gasteiger partial charge on any atom is -0.0654 e. The summed E-state index contributed by atoms with van der Waals surface area (Å²) in [5, 5.41) is 0. The Balaban J connectivity index is 3.97. The van der Waals surface area contributed by atoms with Crippen LogP contribution < -0.4 is 0 Å². The van der Waals surface area contributed by atoms with Gasteiger partial charge in [-0.05, 0) is 17.8 Å². The lowest BCUT2D eigenvalue weighted by molar-refractivity contribution is 0.347. The van der Waals surface area contributed by atoms with Gasteiger partial charge in [0, 0.05) is 0 Å². The van der Waals surface area contributed by atoms with Crippen LogP contribution in [0.4, 0.5) is 0 Å². The topological polar surface area (TPSA) is 0 Å². The highest BCUT2D eigenvalue weighted by Gasteiger charge is 2.11. The molecule has 0 bridgehead atoms. The van der Waals surface area contributed by atoms with Gasteiger partial charge in [-0.2, -0.15) is 0 Å². The van der Waals surface area contributed by atoms with Crippen LogP contribution in [0, 0.1) is 17.8 Å². The van der Waals surface area contributed by atoms with E-state index in [4.69, 9.17) is 0 Å². The summed E-state index contributed by atoms with van der Waals surface area (Å²) in [5.74, 6) is 3.07. The maximum atomic E-state index is 2.42. The van der Waals surface area contributed by atoms with Crippen LogP contribution in [0.25, 0.3) is 0 Å². The van der Waals surface area contributed by atoms with Crippen LogP contribution in [0.2, 0.25) is 0 Å². The lowest BCUT2D eigenvalue weighted by Gasteiger charge is -2.19. The zero-order valence-electron chi connectivity index (χ0n) is 35.0. The van der Waals surface area contributed by atoms with Crippen molar-refractivity contribution in [2.24, 2.45) is 17.8 Å². The van der Waals surface area contributed by atoms with E-state index in [1.54, 1.807) is 0 Å². The summed E-state index contributed by atoms with van der Waals surface area (Å²) in [6.07, 6.45) is 59.1. The fourth-order valence-electron chi connectivity index (χ4n) is 8.53. The molecule has 0 radical (unpaired) electrons. The lowest BCUT2D eigenvalue weighted by atomic mass is 9.87. The second kappa shape index (κ2) is 41.4. The molecule has 0 saturated carbocycles. The highest BCUT2D eigenvalue weighted by atomic mass is 14.2. The Morgan fingerprint density at radius 2 is 0.354 bits per heavy atom. The molecule has 0 N–H and O–H groups in total. The minimum atomic E-state index is 1.01. The molecule has 0 aliphatic heterocycles. The molecule has 0 aromatic rings. The van der Waals surface area contributed by atoms with Gasteiger partial charge in [0.15, 0.2) is 0 Å². The van der Waals surface area contributed by atoms with Crippen LogP contribution in [0.3, 0.4) is 0 Å². The SMILES string of the molecule is CCCCCCC(CCCCCC)CCCCC[C@H](CCCCCC)CCCCCCCCCCCCCC[C@@H](CC)CCCCCC. The van der Waals surface area contributed by atoms with Crippen LogP contribution in [-0.4, -0.2) is 0 Å². The second-order valence-electron chi connectivity index (χ2n) is 16.9. The number of hydrogen-bond donors (Lipinski definition) is 0. The predicted molar refractivity (Wildman–Crippen MR) is 224 cm³/mol. The first-order valence-corrected chi connectivity index (χ1v) is 23.7. The average molecular weight is 675 g/mol. The molecule has 0 nitrogen and oxygen atoms in total. The highest BCUT2D eigenvalue weighted by Crippen LogP contribution is 2.27. The van der Waals surface area contributed by atoms with Crippen LogP contribution in [0.1, 0.15) is 291 Å². The molecule has 0 amide bonds. The quantitative estimate of drug-likeness (QED) is 0.0565. The summed E-state index contributed by atoms with van der Waals surface area (Å²) in [5.41, 5.74) is 0. The molecule has 2 atom stereocenters. The van der Waals surface area contributed by atoms with Gasteiger partial charge in [-0.25, -0.2) is 0 Å². The Kier molecular flexibility index (Phi) is 41.4. The maximum absolute atomic E-state index is 2.42. The fourth-order valence-corrected chi connectivity index (χ4v) is 8.53. The van der Waals surface area contributed by atoms with E-state index in [2.05, 4.69) is 34.6 Å². The first-order chi connectivity index (χ1) is 23.7. The zero-order valence-corrected chi connectivity index (χ0v) is 35.0. The monoisotopic (exact) mass is 675 g/mol. The number of rotatable bonds is 42. The zero-order chi connectivity index (χ0) is 35.0. The molecule has 0 saturated heterocycles. The molecule has 0 aromatic heterocycles. The molecule has 0 heterocycles. The summed E-state index contributed by atoms with van der Waals surface area (Å²) in [4.78, 5) is 0. The van der Waals surface area contributed by atoms with E-state index in [1.165, 1.54) is 257 Å². The molecule has 0 heteroatoms. The van der Waals surface area contributed by atoms with Gasteiger partial charge in [0.25, 0.3) is 0 Å². The second-order valence-corrected chi connectivity index (χ2v) is 16.9. The number of unbranched alkanes of at least 4 members (excludes halogenated alkanes) is 25. The Bertz CT molecular complexity index is 538. The molecule has 0 unspecified atom stereocenters.